The smallest absolute Gasteiger partial charge is 0.271 e. The summed E-state index contributed by atoms with van der Waals surface area (Å²) in [5, 5.41) is -0.458. The molecule has 3 heterocycles. The summed E-state index contributed by atoms with van der Waals surface area (Å²) in [6.07, 6.45) is 5.71. The average Bonchev–Trinajstić information content (AvgIpc) is 3.31. The summed E-state index contributed by atoms with van der Waals surface area (Å²) in [6, 6.07) is 9.96. The molecule has 0 amide bonds. The van der Waals surface area contributed by atoms with E-state index in [4.69, 9.17) is 11.6 Å². The Balaban J connectivity index is 1.27. The fourth-order valence-electron chi connectivity index (χ4n) is 7.69. The molecule has 1 aromatic heterocycles. The van der Waals surface area contributed by atoms with Crippen molar-refractivity contribution in [2.45, 2.75) is 83.7 Å². The van der Waals surface area contributed by atoms with Crippen LogP contribution in [0.5, 0.6) is 0 Å². The average molecular weight is 675 g/mol. The molecule has 0 N–H and O–H groups in total. The zero-order valence-corrected chi connectivity index (χ0v) is 28.7. The zero-order valence-electron chi connectivity index (χ0n) is 27.1. The second-order valence-corrected chi connectivity index (χ2v) is 17.0. The molecule has 2 aromatic carbocycles. The van der Waals surface area contributed by atoms with Crippen LogP contribution in [-0.4, -0.2) is 50.0 Å². The monoisotopic (exact) mass is 674 g/mol. The predicted molar refractivity (Wildman–Crippen MR) is 176 cm³/mol. The molecule has 2 saturated heterocycles. The van der Waals surface area contributed by atoms with E-state index in [0.717, 1.165) is 59.9 Å². The first-order valence-electron chi connectivity index (χ1n) is 15.9. The van der Waals surface area contributed by atoms with Gasteiger partial charge in [-0.2, -0.15) is 4.39 Å². The van der Waals surface area contributed by atoms with Crippen molar-refractivity contribution < 1.29 is 21.6 Å². The van der Waals surface area contributed by atoms with Gasteiger partial charge in [0.05, 0.1) is 12.2 Å². The number of anilines is 2. The standard InChI is InChI=1S/C35H42ClF3N4O2S/c1-23-10-11-25(16-24(23)2)18-43(29-9-6-8-28(38)40-29)46(44,45)32-26(37)17-27(30(36)31(32)39)41-21-34(5,22-41)19-35(12-7-13-35)42-15-14-33(3,4)20-42/h6,8-11,16-17H,7,12-15,18-22H2,1-5H3. The second kappa shape index (κ2) is 11.7. The number of aryl methyl sites for hydroxylation is 2. The van der Waals surface area contributed by atoms with Gasteiger partial charge >= 0.3 is 0 Å². The topological polar surface area (TPSA) is 56.8 Å². The van der Waals surface area contributed by atoms with Crippen LogP contribution in [0.15, 0.2) is 47.4 Å². The summed E-state index contributed by atoms with van der Waals surface area (Å²) in [5.74, 6) is -3.87. The molecule has 3 fully saturated rings. The molecule has 3 aromatic rings. The zero-order chi connectivity index (χ0) is 33.2. The first kappa shape index (κ1) is 33.1. The van der Waals surface area contributed by atoms with E-state index >= 15 is 8.78 Å². The largest absolute Gasteiger partial charge is 0.369 e. The fourth-order valence-corrected chi connectivity index (χ4v) is 9.54. The van der Waals surface area contributed by atoms with Crippen LogP contribution >= 0.6 is 11.6 Å². The van der Waals surface area contributed by atoms with Crippen LogP contribution in [0.4, 0.5) is 24.7 Å². The van der Waals surface area contributed by atoms with Gasteiger partial charge in [-0.25, -0.2) is 26.5 Å². The van der Waals surface area contributed by atoms with Crippen molar-refractivity contribution >= 4 is 33.1 Å². The summed E-state index contributed by atoms with van der Waals surface area (Å²) < 4.78 is 74.9. The molecule has 0 atom stereocenters. The van der Waals surface area contributed by atoms with Crippen molar-refractivity contribution in [2.24, 2.45) is 10.8 Å². The number of hydrogen-bond acceptors (Lipinski definition) is 5. The molecule has 248 valence electrons. The van der Waals surface area contributed by atoms with Crippen LogP contribution in [0.1, 0.15) is 69.6 Å². The first-order chi connectivity index (χ1) is 21.5. The van der Waals surface area contributed by atoms with Crippen molar-refractivity contribution in [2.75, 3.05) is 35.4 Å². The van der Waals surface area contributed by atoms with Gasteiger partial charge in [-0.15, -0.1) is 0 Å². The molecule has 2 aliphatic heterocycles. The summed E-state index contributed by atoms with van der Waals surface area (Å²) >= 11 is 6.51. The van der Waals surface area contributed by atoms with Gasteiger partial charge in [-0.1, -0.05) is 56.6 Å². The van der Waals surface area contributed by atoms with Crippen LogP contribution in [0.3, 0.4) is 0 Å². The highest BCUT2D eigenvalue weighted by Crippen LogP contribution is 2.52. The van der Waals surface area contributed by atoms with Crippen molar-refractivity contribution in [3.8, 4) is 0 Å². The molecule has 11 heteroatoms. The Morgan fingerprint density at radius 3 is 2.26 bits per heavy atom. The highest BCUT2D eigenvalue weighted by molar-refractivity contribution is 7.92. The van der Waals surface area contributed by atoms with E-state index < -0.39 is 37.5 Å². The van der Waals surface area contributed by atoms with Crippen LogP contribution < -0.4 is 9.21 Å². The van der Waals surface area contributed by atoms with Crippen molar-refractivity contribution in [1.29, 1.82) is 0 Å². The SMILES string of the molecule is Cc1ccc(CN(c2cccc(F)n2)S(=O)(=O)c2c(F)cc(N3CC(C)(CC4(N5CCC(C)(C)C5)CCC4)C3)c(Cl)c2F)cc1C. The third-order valence-corrected chi connectivity index (χ3v) is 12.5. The number of rotatable bonds is 9. The van der Waals surface area contributed by atoms with E-state index in [9.17, 15) is 12.8 Å². The van der Waals surface area contributed by atoms with Gasteiger partial charge in [-0.05, 0) is 86.7 Å². The Morgan fingerprint density at radius 2 is 1.67 bits per heavy atom. The number of benzene rings is 2. The van der Waals surface area contributed by atoms with E-state index in [2.05, 4.69) is 30.7 Å². The van der Waals surface area contributed by atoms with Gasteiger partial charge in [0.1, 0.15) is 16.7 Å². The number of halogens is 4. The summed E-state index contributed by atoms with van der Waals surface area (Å²) in [6.45, 7) is 13.6. The molecule has 6 rings (SSSR count). The summed E-state index contributed by atoms with van der Waals surface area (Å²) in [5.41, 5.74) is 2.97. The molecule has 0 radical (unpaired) electrons. The minimum absolute atomic E-state index is 0.0692. The highest BCUT2D eigenvalue weighted by Gasteiger charge is 2.53. The number of nitrogens with zero attached hydrogens (tertiary/aromatic N) is 4. The van der Waals surface area contributed by atoms with Crippen molar-refractivity contribution in [1.82, 2.24) is 9.88 Å². The molecule has 1 saturated carbocycles. The highest BCUT2D eigenvalue weighted by atomic mass is 35.5. The van der Waals surface area contributed by atoms with Crippen molar-refractivity contribution in [3.63, 3.8) is 0 Å². The minimum atomic E-state index is -4.92. The summed E-state index contributed by atoms with van der Waals surface area (Å²) in [4.78, 5) is 7.03. The van der Waals surface area contributed by atoms with Gasteiger partial charge in [0.15, 0.2) is 10.7 Å². The van der Waals surface area contributed by atoms with Crippen molar-refractivity contribution in [3.05, 3.63) is 81.8 Å². The molecule has 0 bridgehead atoms. The van der Waals surface area contributed by atoms with Crippen LogP contribution in [0.25, 0.3) is 0 Å². The number of pyridine rings is 1. The van der Waals surface area contributed by atoms with E-state index in [0.29, 0.717) is 24.1 Å². The lowest BCUT2D eigenvalue weighted by atomic mass is 9.63. The Bertz CT molecular complexity index is 1770. The maximum absolute atomic E-state index is 16.0. The Hall–Kier alpha value is -2.82. The lowest BCUT2D eigenvalue weighted by molar-refractivity contribution is -0.0205. The van der Waals surface area contributed by atoms with E-state index in [1.165, 1.54) is 25.0 Å². The van der Waals surface area contributed by atoms with E-state index in [1.807, 2.05) is 24.8 Å². The van der Waals surface area contributed by atoms with E-state index in [1.54, 1.807) is 12.1 Å². The van der Waals surface area contributed by atoms with Gasteiger partial charge in [0, 0.05) is 36.7 Å². The second-order valence-electron chi connectivity index (χ2n) is 14.8. The molecule has 46 heavy (non-hydrogen) atoms. The van der Waals surface area contributed by atoms with Gasteiger partial charge < -0.3 is 4.90 Å². The third kappa shape index (κ3) is 6.01. The number of hydrogen-bond donors (Lipinski definition) is 0. The minimum Gasteiger partial charge on any atom is -0.369 e. The number of aromatic nitrogens is 1. The number of likely N-dealkylation sites (tertiary alicyclic amines) is 1. The van der Waals surface area contributed by atoms with Crippen LogP contribution in [0.2, 0.25) is 5.02 Å². The maximum atomic E-state index is 16.0. The Kier molecular flexibility index (Phi) is 8.42. The molecule has 0 unspecified atom stereocenters. The van der Waals surface area contributed by atoms with Gasteiger partial charge in [0.2, 0.25) is 5.95 Å². The van der Waals surface area contributed by atoms with Gasteiger partial charge in [0.25, 0.3) is 10.0 Å². The molecule has 3 aliphatic rings. The van der Waals surface area contributed by atoms with Gasteiger partial charge in [-0.3, -0.25) is 4.90 Å². The Labute approximate surface area is 275 Å². The third-order valence-electron chi connectivity index (χ3n) is 10.4. The molecular formula is C35H42ClF3N4O2S. The molecule has 6 nitrogen and oxygen atoms in total. The molecule has 0 spiro atoms. The number of sulfonamides is 1. The van der Waals surface area contributed by atoms with E-state index in [-0.39, 0.29) is 29.0 Å². The fraction of sp³-hybridized carbons (Fsp3) is 0.514. The predicted octanol–water partition coefficient (Wildman–Crippen LogP) is 8.04. The molecule has 1 aliphatic carbocycles. The summed E-state index contributed by atoms with van der Waals surface area (Å²) in [7, 11) is -4.92. The normalized spacial score (nSPS) is 20.3. The first-order valence-corrected chi connectivity index (χ1v) is 17.7. The quantitative estimate of drug-likeness (QED) is 0.170. The molecular weight excluding hydrogens is 633 g/mol. The maximum Gasteiger partial charge on any atom is 0.271 e. The van der Waals surface area contributed by atoms with Crippen LogP contribution in [-0.2, 0) is 16.6 Å². The lowest BCUT2D eigenvalue weighted by Crippen LogP contribution is -2.63. The van der Waals surface area contributed by atoms with Crippen LogP contribution in [0, 0.1) is 42.3 Å². The lowest BCUT2D eigenvalue weighted by Gasteiger charge is -2.58. The Morgan fingerprint density at radius 1 is 0.957 bits per heavy atom.